The number of halogens is 1. The number of β-amino-alcohol motifs (C(OH)–C–C–N with tert-alkyl or cyclic N) is 1. The van der Waals surface area contributed by atoms with Crippen molar-refractivity contribution in [2.24, 2.45) is 5.73 Å². The molecule has 8 heteroatoms. The van der Waals surface area contributed by atoms with E-state index in [4.69, 9.17) is 23.1 Å². The van der Waals surface area contributed by atoms with Crippen LogP contribution < -0.4 is 11.5 Å². The van der Waals surface area contributed by atoms with Crippen molar-refractivity contribution < 1.29 is 14.7 Å². The Balaban J connectivity index is 2.33. The number of likely N-dealkylation sites (tertiary alicyclic amines) is 1. The molecule has 2 amide bonds. The second-order valence-corrected chi connectivity index (χ2v) is 4.73. The van der Waals surface area contributed by atoms with E-state index in [2.05, 4.69) is 4.98 Å². The van der Waals surface area contributed by atoms with E-state index in [1.165, 1.54) is 17.2 Å². The molecule has 1 saturated heterocycles. The van der Waals surface area contributed by atoms with E-state index >= 15 is 0 Å². The van der Waals surface area contributed by atoms with Crippen molar-refractivity contribution in [3.8, 4) is 0 Å². The fraction of sp³-hybridized carbons (Fsp3) is 0.364. The molecule has 7 nitrogen and oxygen atoms in total. The zero-order valence-corrected chi connectivity index (χ0v) is 10.7. The number of carbonyl (C=O) groups excluding carboxylic acids is 2. The number of aromatic nitrogens is 1. The van der Waals surface area contributed by atoms with Gasteiger partial charge in [-0.25, -0.2) is 4.98 Å². The molecule has 19 heavy (non-hydrogen) atoms. The fourth-order valence-electron chi connectivity index (χ4n) is 2.08. The molecular weight excluding hydrogens is 272 g/mol. The van der Waals surface area contributed by atoms with E-state index in [1.54, 1.807) is 0 Å². The summed E-state index contributed by atoms with van der Waals surface area (Å²) in [6.45, 7) is 0.0254. The van der Waals surface area contributed by atoms with Crippen LogP contribution in [0, 0.1) is 0 Å². The standard InChI is InChI=1S/C11H13ClN4O3/c12-9-7(1-5(13)3-15-9)11(19)16-4-6(17)2-8(16)10(14)18/h1,3,6,8,17H,2,4,13H2,(H2,14,18). The predicted octanol–water partition coefficient (Wildman–Crippen LogP) is -0.622. The van der Waals surface area contributed by atoms with Crippen LogP contribution in [0.1, 0.15) is 16.8 Å². The zero-order chi connectivity index (χ0) is 14.2. The number of aliphatic hydroxyl groups is 1. The lowest BCUT2D eigenvalue weighted by Gasteiger charge is -2.22. The number of amides is 2. The molecule has 2 atom stereocenters. The first-order valence-corrected chi connectivity index (χ1v) is 5.97. The van der Waals surface area contributed by atoms with Crippen molar-refractivity contribution in [3.63, 3.8) is 0 Å². The van der Waals surface area contributed by atoms with Crippen LogP contribution >= 0.6 is 11.6 Å². The highest BCUT2D eigenvalue weighted by atomic mass is 35.5. The number of rotatable bonds is 2. The first-order chi connectivity index (χ1) is 8.90. The summed E-state index contributed by atoms with van der Waals surface area (Å²) < 4.78 is 0. The second-order valence-electron chi connectivity index (χ2n) is 4.37. The quantitative estimate of drug-likeness (QED) is 0.625. The van der Waals surface area contributed by atoms with E-state index < -0.39 is 24.0 Å². The Hall–Kier alpha value is -1.86. The minimum atomic E-state index is -0.847. The molecule has 1 aromatic rings. The van der Waals surface area contributed by atoms with Crippen molar-refractivity contribution in [2.75, 3.05) is 12.3 Å². The molecule has 0 saturated carbocycles. The molecule has 2 rings (SSSR count). The summed E-state index contributed by atoms with van der Waals surface area (Å²) in [5.74, 6) is -1.19. The van der Waals surface area contributed by atoms with Crippen molar-refractivity contribution in [3.05, 3.63) is 23.0 Å². The summed E-state index contributed by atoms with van der Waals surface area (Å²) in [6, 6.07) is 0.528. The molecule has 5 N–H and O–H groups in total. The molecule has 0 radical (unpaired) electrons. The Bertz CT molecular complexity index is 537. The second kappa shape index (κ2) is 5.02. The number of nitrogens with two attached hydrogens (primary N) is 2. The molecular formula is C11H13ClN4O3. The summed E-state index contributed by atoms with van der Waals surface area (Å²) in [5, 5.41) is 9.55. The van der Waals surface area contributed by atoms with Crippen LogP contribution in [0.2, 0.25) is 5.15 Å². The molecule has 0 aliphatic carbocycles. The van der Waals surface area contributed by atoms with Gasteiger partial charge in [0.2, 0.25) is 5.91 Å². The van der Waals surface area contributed by atoms with Gasteiger partial charge >= 0.3 is 0 Å². The molecule has 2 heterocycles. The highest BCUT2D eigenvalue weighted by molar-refractivity contribution is 6.32. The maximum atomic E-state index is 12.3. The number of carbonyl (C=O) groups is 2. The Morgan fingerprint density at radius 1 is 1.53 bits per heavy atom. The summed E-state index contributed by atoms with van der Waals surface area (Å²) >= 11 is 5.84. The number of nitrogen functional groups attached to an aromatic ring is 1. The van der Waals surface area contributed by atoms with E-state index in [0.29, 0.717) is 0 Å². The number of pyridine rings is 1. The van der Waals surface area contributed by atoms with Crippen molar-refractivity contribution in [1.29, 1.82) is 0 Å². The minimum Gasteiger partial charge on any atom is -0.397 e. The minimum absolute atomic E-state index is 0.0104. The lowest BCUT2D eigenvalue weighted by atomic mass is 10.1. The topological polar surface area (TPSA) is 123 Å². The maximum Gasteiger partial charge on any atom is 0.257 e. The Morgan fingerprint density at radius 3 is 2.84 bits per heavy atom. The number of aliphatic hydroxyl groups excluding tert-OH is 1. The lowest BCUT2D eigenvalue weighted by molar-refractivity contribution is -0.121. The molecule has 1 aromatic heterocycles. The van der Waals surface area contributed by atoms with Gasteiger partial charge in [-0.2, -0.15) is 0 Å². The van der Waals surface area contributed by atoms with Crippen molar-refractivity contribution >= 4 is 29.1 Å². The maximum absolute atomic E-state index is 12.3. The van der Waals surface area contributed by atoms with Crippen LogP contribution in [0.4, 0.5) is 5.69 Å². The zero-order valence-electron chi connectivity index (χ0n) is 9.91. The van der Waals surface area contributed by atoms with E-state index in [0.717, 1.165) is 0 Å². The van der Waals surface area contributed by atoms with Gasteiger partial charge in [0, 0.05) is 13.0 Å². The molecule has 1 aliphatic rings. The van der Waals surface area contributed by atoms with E-state index in [9.17, 15) is 14.7 Å². The summed E-state index contributed by atoms with van der Waals surface area (Å²) in [5.41, 5.74) is 11.1. The SMILES string of the molecule is NC(=O)C1CC(O)CN1C(=O)c1cc(N)cnc1Cl. The third-order valence-electron chi connectivity index (χ3n) is 2.96. The summed E-state index contributed by atoms with van der Waals surface area (Å²) in [4.78, 5) is 28.6. The molecule has 0 bridgehead atoms. The Morgan fingerprint density at radius 2 is 2.21 bits per heavy atom. The molecule has 0 aromatic carbocycles. The molecule has 1 fully saturated rings. The molecule has 0 spiro atoms. The van der Waals surface area contributed by atoms with E-state index in [-0.39, 0.29) is 29.4 Å². The van der Waals surface area contributed by atoms with Gasteiger partial charge in [-0.15, -0.1) is 0 Å². The van der Waals surface area contributed by atoms with Gasteiger partial charge in [0.05, 0.1) is 23.6 Å². The third kappa shape index (κ3) is 2.61. The third-order valence-corrected chi connectivity index (χ3v) is 3.26. The number of primary amides is 1. The average Bonchev–Trinajstić information content (AvgIpc) is 2.74. The monoisotopic (exact) mass is 284 g/mol. The number of hydrogen-bond donors (Lipinski definition) is 3. The fourth-order valence-corrected chi connectivity index (χ4v) is 2.26. The van der Waals surface area contributed by atoms with Crippen LogP contribution in [0.15, 0.2) is 12.3 Å². The summed E-state index contributed by atoms with van der Waals surface area (Å²) in [6.07, 6.45) is 0.659. The van der Waals surface area contributed by atoms with Crippen molar-refractivity contribution in [2.45, 2.75) is 18.6 Å². The van der Waals surface area contributed by atoms with Crippen LogP contribution in [-0.4, -0.2) is 45.5 Å². The smallest absolute Gasteiger partial charge is 0.257 e. The Kier molecular flexibility index (Phi) is 3.59. The summed E-state index contributed by atoms with van der Waals surface area (Å²) in [7, 11) is 0. The van der Waals surface area contributed by atoms with Gasteiger partial charge in [-0.3, -0.25) is 9.59 Å². The van der Waals surface area contributed by atoms with E-state index in [1.807, 2.05) is 0 Å². The van der Waals surface area contributed by atoms with Gasteiger partial charge in [0.15, 0.2) is 0 Å². The van der Waals surface area contributed by atoms with Gasteiger partial charge in [0.1, 0.15) is 11.2 Å². The number of anilines is 1. The van der Waals surface area contributed by atoms with Gasteiger partial charge in [-0.05, 0) is 6.07 Å². The largest absolute Gasteiger partial charge is 0.397 e. The average molecular weight is 285 g/mol. The van der Waals surface area contributed by atoms with Gasteiger partial charge in [-0.1, -0.05) is 11.6 Å². The van der Waals surface area contributed by atoms with Gasteiger partial charge < -0.3 is 21.5 Å². The lowest BCUT2D eigenvalue weighted by Crippen LogP contribution is -2.43. The first kappa shape index (κ1) is 13.6. The number of nitrogens with zero attached hydrogens (tertiary/aromatic N) is 2. The highest BCUT2D eigenvalue weighted by Crippen LogP contribution is 2.24. The highest BCUT2D eigenvalue weighted by Gasteiger charge is 2.38. The van der Waals surface area contributed by atoms with Crippen LogP contribution in [0.25, 0.3) is 0 Å². The molecule has 102 valence electrons. The Labute approximate surface area is 114 Å². The van der Waals surface area contributed by atoms with Crippen LogP contribution in [-0.2, 0) is 4.79 Å². The molecule has 2 unspecified atom stereocenters. The number of hydrogen-bond acceptors (Lipinski definition) is 5. The van der Waals surface area contributed by atoms with Gasteiger partial charge in [0.25, 0.3) is 5.91 Å². The molecule has 1 aliphatic heterocycles. The first-order valence-electron chi connectivity index (χ1n) is 5.59. The predicted molar refractivity (Wildman–Crippen MR) is 68.3 cm³/mol. The van der Waals surface area contributed by atoms with Crippen molar-refractivity contribution in [1.82, 2.24) is 9.88 Å². The normalized spacial score (nSPS) is 22.5. The van der Waals surface area contributed by atoms with Crippen LogP contribution in [0.3, 0.4) is 0 Å². The van der Waals surface area contributed by atoms with Crippen LogP contribution in [0.5, 0.6) is 0 Å².